The summed E-state index contributed by atoms with van der Waals surface area (Å²) in [7, 11) is 0. The number of aromatic nitrogens is 3. The maximum absolute atomic E-state index is 13.2. The van der Waals surface area contributed by atoms with Gasteiger partial charge in [0.1, 0.15) is 11.3 Å². The fourth-order valence-electron chi connectivity index (χ4n) is 3.12. The second-order valence-electron chi connectivity index (χ2n) is 6.62. The van der Waals surface area contributed by atoms with Crippen molar-refractivity contribution in [3.63, 3.8) is 0 Å². The molecule has 2 aromatic heterocycles. The van der Waals surface area contributed by atoms with Crippen LogP contribution in [-0.4, -0.2) is 51.7 Å². The zero-order valence-electron chi connectivity index (χ0n) is 14.9. The molecule has 0 aromatic carbocycles. The Morgan fingerprint density at radius 3 is 2.96 bits per heavy atom. The van der Waals surface area contributed by atoms with Crippen molar-refractivity contribution in [3.8, 4) is 0 Å². The van der Waals surface area contributed by atoms with E-state index in [-0.39, 0.29) is 17.9 Å². The maximum Gasteiger partial charge on any atom is 0.259 e. The lowest BCUT2D eigenvalue weighted by molar-refractivity contribution is -0.00428. The van der Waals surface area contributed by atoms with Crippen LogP contribution in [0.5, 0.6) is 0 Å². The molecule has 0 saturated carbocycles. The molecular formula is C18H24N4O3. The van der Waals surface area contributed by atoms with Crippen molar-refractivity contribution in [1.82, 2.24) is 20.0 Å². The number of ether oxygens (including phenoxy) is 1. The quantitative estimate of drug-likeness (QED) is 0.828. The summed E-state index contributed by atoms with van der Waals surface area (Å²) < 4.78 is 10.9. The largest absolute Gasteiger partial charge is 0.377 e. The molecule has 1 aliphatic heterocycles. The monoisotopic (exact) mass is 344 g/mol. The fraction of sp³-hybridized carbons (Fsp3) is 0.556. The summed E-state index contributed by atoms with van der Waals surface area (Å²) in [5.74, 6) is 0.693. The lowest BCUT2D eigenvalue weighted by Gasteiger charge is -2.35. The van der Waals surface area contributed by atoms with Crippen LogP contribution >= 0.6 is 0 Å². The lowest BCUT2D eigenvalue weighted by atomic mass is 10.0. The van der Waals surface area contributed by atoms with Crippen LogP contribution in [0.4, 0.5) is 0 Å². The molecule has 7 heteroatoms. The normalized spacial score (nSPS) is 17.9. The standard InChI is InChI=1S/C18H24N4O3/c1-12(2)17-16(13(3)25-21-17)18(23)22-8-9-24-11-15(22)5-4-14-10-19-6-7-20-14/h6-7,10,12,15H,4-5,8-9,11H2,1-3H3. The molecular weight excluding hydrogens is 320 g/mol. The van der Waals surface area contributed by atoms with Crippen molar-refractivity contribution in [2.45, 2.75) is 45.6 Å². The number of carbonyl (C=O) groups is 1. The number of carbonyl (C=O) groups excluding carboxylic acids is 1. The fourth-order valence-corrected chi connectivity index (χ4v) is 3.12. The molecule has 1 atom stereocenters. The van der Waals surface area contributed by atoms with Crippen LogP contribution in [0.2, 0.25) is 0 Å². The van der Waals surface area contributed by atoms with Gasteiger partial charge in [-0.2, -0.15) is 0 Å². The highest BCUT2D eigenvalue weighted by Crippen LogP contribution is 2.25. The molecule has 1 saturated heterocycles. The van der Waals surface area contributed by atoms with Gasteiger partial charge in [-0.05, 0) is 25.7 Å². The highest BCUT2D eigenvalue weighted by atomic mass is 16.5. The highest BCUT2D eigenvalue weighted by Gasteiger charge is 2.32. The summed E-state index contributed by atoms with van der Waals surface area (Å²) in [5, 5.41) is 4.08. The van der Waals surface area contributed by atoms with Crippen LogP contribution in [-0.2, 0) is 11.2 Å². The minimum Gasteiger partial charge on any atom is -0.377 e. The first kappa shape index (κ1) is 17.5. The Bertz CT molecular complexity index is 714. The molecule has 3 rings (SSSR count). The second-order valence-corrected chi connectivity index (χ2v) is 6.62. The third kappa shape index (κ3) is 3.87. The smallest absolute Gasteiger partial charge is 0.259 e. The van der Waals surface area contributed by atoms with E-state index < -0.39 is 0 Å². The minimum atomic E-state index is -0.0186. The zero-order valence-corrected chi connectivity index (χ0v) is 14.9. The first-order chi connectivity index (χ1) is 12.1. The van der Waals surface area contributed by atoms with E-state index >= 15 is 0 Å². The maximum atomic E-state index is 13.2. The van der Waals surface area contributed by atoms with Crippen LogP contribution in [0.1, 0.15) is 53.7 Å². The van der Waals surface area contributed by atoms with Crippen LogP contribution in [0, 0.1) is 6.92 Å². The van der Waals surface area contributed by atoms with E-state index in [9.17, 15) is 4.79 Å². The number of hydrogen-bond acceptors (Lipinski definition) is 6. The van der Waals surface area contributed by atoms with Gasteiger partial charge in [0.05, 0.1) is 30.6 Å². The van der Waals surface area contributed by atoms with Crippen molar-refractivity contribution in [2.24, 2.45) is 0 Å². The molecule has 25 heavy (non-hydrogen) atoms. The molecule has 1 unspecified atom stereocenters. The van der Waals surface area contributed by atoms with Crippen LogP contribution < -0.4 is 0 Å². The van der Waals surface area contributed by atoms with Crippen LogP contribution in [0.3, 0.4) is 0 Å². The molecule has 0 spiro atoms. The number of amides is 1. The van der Waals surface area contributed by atoms with E-state index in [0.29, 0.717) is 31.1 Å². The van der Waals surface area contributed by atoms with Crippen LogP contribution in [0.15, 0.2) is 23.1 Å². The van der Waals surface area contributed by atoms with Gasteiger partial charge >= 0.3 is 0 Å². The minimum absolute atomic E-state index is 0.0116. The summed E-state index contributed by atoms with van der Waals surface area (Å²) in [5.41, 5.74) is 2.24. The van der Waals surface area contributed by atoms with Crippen molar-refractivity contribution in [1.29, 1.82) is 0 Å². The van der Waals surface area contributed by atoms with Gasteiger partial charge in [0, 0.05) is 25.1 Å². The van der Waals surface area contributed by atoms with E-state index in [1.165, 1.54) is 0 Å². The third-order valence-corrected chi connectivity index (χ3v) is 4.49. The van der Waals surface area contributed by atoms with Crippen LogP contribution in [0.25, 0.3) is 0 Å². The molecule has 3 heterocycles. The molecule has 0 aliphatic carbocycles. The Labute approximate surface area is 147 Å². The van der Waals surface area contributed by atoms with Gasteiger partial charge in [-0.3, -0.25) is 14.8 Å². The number of aryl methyl sites for hydroxylation is 2. The summed E-state index contributed by atoms with van der Waals surface area (Å²) in [6.45, 7) is 7.48. The topological polar surface area (TPSA) is 81.4 Å². The average Bonchev–Trinajstić information content (AvgIpc) is 3.02. The van der Waals surface area contributed by atoms with Gasteiger partial charge in [-0.1, -0.05) is 19.0 Å². The molecule has 1 aliphatic rings. The molecule has 7 nitrogen and oxygen atoms in total. The number of nitrogens with zero attached hydrogens (tertiary/aromatic N) is 4. The lowest BCUT2D eigenvalue weighted by Crippen LogP contribution is -2.49. The summed E-state index contributed by atoms with van der Waals surface area (Å²) >= 11 is 0. The van der Waals surface area contributed by atoms with E-state index in [1.807, 2.05) is 18.7 Å². The Hall–Kier alpha value is -2.28. The number of morpholine rings is 1. The Morgan fingerprint density at radius 1 is 1.40 bits per heavy atom. The number of hydrogen-bond donors (Lipinski definition) is 0. The van der Waals surface area contributed by atoms with Gasteiger partial charge in [0.25, 0.3) is 5.91 Å². The van der Waals surface area contributed by atoms with Crippen molar-refractivity contribution >= 4 is 5.91 Å². The van der Waals surface area contributed by atoms with Gasteiger partial charge in [-0.25, -0.2) is 0 Å². The van der Waals surface area contributed by atoms with Crippen molar-refractivity contribution in [3.05, 3.63) is 41.3 Å². The van der Waals surface area contributed by atoms with E-state index in [0.717, 1.165) is 24.2 Å². The highest BCUT2D eigenvalue weighted by molar-refractivity contribution is 5.96. The van der Waals surface area contributed by atoms with Crippen molar-refractivity contribution < 1.29 is 14.1 Å². The SMILES string of the molecule is Cc1onc(C(C)C)c1C(=O)N1CCOCC1CCc1cnccn1. The molecule has 2 aromatic rings. The van der Waals surface area contributed by atoms with E-state index in [2.05, 4.69) is 15.1 Å². The summed E-state index contributed by atoms with van der Waals surface area (Å²) in [6.07, 6.45) is 6.64. The van der Waals surface area contributed by atoms with Crippen molar-refractivity contribution in [2.75, 3.05) is 19.8 Å². The summed E-state index contributed by atoms with van der Waals surface area (Å²) in [6, 6.07) is 0.0116. The van der Waals surface area contributed by atoms with Gasteiger partial charge in [0.2, 0.25) is 0 Å². The van der Waals surface area contributed by atoms with Gasteiger partial charge < -0.3 is 14.2 Å². The van der Waals surface area contributed by atoms with E-state index in [1.54, 1.807) is 25.5 Å². The number of rotatable bonds is 5. The molecule has 0 bridgehead atoms. The first-order valence-electron chi connectivity index (χ1n) is 8.67. The molecule has 0 N–H and O–H groups in total. The molecule has 1 fully saturated rings. The average molecular weight is 344 g/mol. The molecule has 134 valence electrons. The Kier molecular flexibility index (Phi) is 5.43. The van der Waals surface area contributed by atoms with Gasteiger partial charge in [0.15, 0.2) is 0 Å². The predicted octanol–water partition coefficient (Wildman–Crippen LogP) is 2.37. The Balaban J connectivity index is 1.76. The molecule has 0 radical (unpaired) electrons. The second kappa shape index (κ2) is 7.74. The van der Waals surface area contributed by atoms with E-state index in [4.69, 9.17) is 9.26 Å². The molecule has 1 amide bonds. The third-order valence-electron chi connectivity index (χ3n) is 4.49. The first-order valence-corrected chi connectivity index (χ1v) is 8.67. The Morgan fingerprint density at radius 2 is 2.24 bits per heavy atom. The predicted molar refractivity (Wildman–Crippen MR) is 91.3 cm³/mol. The van der Waals surface area contributed by atoms with Gasteiger partial charge in [-0.15, -0.1) is 0 Å². The summed E-state index contributed by atoms with van der Waals surface area (Å²) in [4.78, 5) is 23.5. The zero-order chi connectivity index (χ0) is 17.8.